The summed E-state index contributed by atoms with van der Waals surface area (Å²) in [5, 5.41) is -0.293. The second-order valence-electron chi connectivity index (χ2n) is 5.64. The maximum absolute atomic E-state index is 11.1. The number of nitrogens with zero attached hydrogens (tertiary/aromatic N) is 3. The molecule has 2 rings (SSSR count). The van der Waals surface area contributed by atoms with Crippen molar-refractivity contribution in [3.63, 3.8) is 0 Å². The minimum absolute atomic E-state index is 0.293. The van der Waals surface area contributed by atoms with E-state index in [1.807, 2.05) is 0 Å². The van der Waals surface area contributed by atoms with Gasteiger partial charge in [-0.1, -0.05) is 0 Å². The number of carbonyl (C=O) groups is 1. The first kappa shape index (κ1) is 14.1. The predicted molar refractivity (Wildman–Crippen MR) is 74.1 cm³/mol. The van der Waals surface area contributed by atoms with Crippen LogP contribution >= 0.6 is 11.6 Å². The molecule has 1 amide bonds. The number of amides is 1. The van der Waals surface area contributed by atoms with Gasteiger partial charge in [0.1, 0.15) is 0 Å². The average molecular weight is 274 g/mol. The van der Waals surface area contributed by atoms with E-state index < -0.39 is 0 Å². The van der Waals surface area contributed by atoms with Gasteiger partial charge in [0, 0.05) is 51.4 Å². The van der Waals surface area contributed by atoms with Crippen molar-refractivity contribution in [2.45, 2.75) is 38.8 Å². The van der Waals surface area contributed by atoms with Crippen LogP contribution in [0, 0.1) is 0 Å². The predicted octanol–water partition coefficient (Wildman–Crippen LogP) is 1.84. The lowest BCUT2D eigenvalue weighted by atomic mass is 10.0. The van der Waals surface area contributed by atoms with E-state index in [0.717, 1.165) is 39.0 Å². The highest BCUT2D eigenvalue weighted by molar-refractivity contribution is 6.62. The Morgan fingerprint density at radius 3 is 2.06 bits per heavy atom. The Labute approximate surface area is 115 Å². The Balaban J connectivity index is 1.76. The van der Waals surface area contributed by atoms with E-state index in [9.17, 15) is 4.79 Å². The van der Waals surface area contributed by atoms with E-state index in [2.05, 4.69) is 23.6 Å². The largest absolute Gasteiger partial charge is 0.329 e. The fourth-order valence-electron chi connectivity index (χ4n) is 3.03. The van der Waals surface area contributed by atoms with Gasteiger partial charge in [0.2, 0.25) is 0 Å². The van der Waals surface area contributed by atoms with E-state index in [1.165, 1.54) is 13.1 Å². The van der Waals surface area contributed by atoms with Crippen molar-refractivity contribution in [2.75, 3.05) is 39.3 Å². The maximum atomic E-state index is 11.1. The van der Waals surface area contributed by atoms with Gasteiger partial charge in [-0.2, -0.15) is 0 Å². The fraction of sp³-hybridized carbons (Fsp3) is 0.923. The first-order valence-electron chi connectivity index (χ1n) is 7.00. The summed E-state index contributed by atoms with van der Waals surface area (Å²) >= 11 is 5.51. The number of likely N-dealkylation sites (tertiary alicyclic amines) is 1. The van der Waals surface area contributed by atoms with Gasteiger partial charge in [-0.3, -0.25) is 14.6 Å². The summed E-state index contributed by atoms with van der Waals surface area (Å²) in [6.45, 7) is 10.8. The summed E-state index contributed by atoms with van der Waals surface area (Å²) < 4.78 is 0. The summed E-state index contributed by atoms with van der Waals surface area (Å²) in [7, 11) is 0. The monoisotopic (exact) mass is 273 g/mol. The normalized spacial score (nSPS) is 24.8. The van der Waals surface area contributed by atoms with Gasteiger partial charge in [0.15, 0.2) is 0 Å². The molecule has 0 unspecified atom stereocenters. The summed E-state index contributed by atoms with van der Waals surface area (Å²) in [5.41, 5.74) is 0. The molecule has 2 heterocycles. The standard InChI is InChI=1S/C13H24ClN3O/c1-11(2)15-7-9-16(10-8-15)12-3-5-17(6-4-12)13(14)18/h11-12H,3-10H2,1-2H3. The van der Waals surface area contributed by atoms with Crippen LogP contribution in [-0.2, 0) is 0 Å². The molecule has 0 radical (unpaired) electrons. The molecule has 0 saturated carbocycles. The van der Waals surface area contributed by atoms with Crippen molar-refractivity contribution >= 4 is 17.0 Å². The number of hydrogen-bond donors (Lipinski definition) is 0. The van der Waals surface area contributed by atoms with Crippen LogP contribution in [0.1, 0.15) is 26.7 Å². The quantitative estimate of drug-likeness (QED) is 0.567. The second-order valence-corrected chi connectivity index (χ2v) is 5.96. The smallest absolute Gasteiger partial charge is 0.316 e. The van der Waals surface area contributed by atoms with Crippen LogP contribution in [0.4, 0.5) is 4.79 Å². The van der Waals surface area contributed by atoms with E-state index >= 15 is 0 Å². The van der Waals surface area contributed by atoms with Crippen molar-refractivity contribution in [3.05, 3.63) is 0 Å². The Hall–Kier alpha value is -0.320. The number of rotatable bonds is 2. The number of piperidine rings is 1. The molecule has 2 aliphatic heterocycles. The summed E-state index contributed by atoms with van der Waals surface area (Å²) in [6, 6.07) is 1.30. The number of piperazine rings is 1. The summed E-state index contributed by atoms with van der Waals surface area (Å²) in [6.07, 6.45) is 2.14. The van der Waals surface area contributed by atoms with Gasteiger partial charge >= 0.3 is 5.37 Å². The van der Waals surface area contributed by atoms with Crippen LogP contribution in [0.5, 0.6) is 0 Å². The van der Waals surface area contributed by atoms with Gasteiger partial charge in [0.05, 0.1) is 0 Å². The highest BCUT2D eigenvalue weighted by Gasteiger charge is 2.28. The lowest BCUT2D eigenvalue weighted by molar-refractivity contribution is 0.0556. The highest BCUT2D eigenvalue weighted by atomic mass is 35.5. The van der Waals surface area contributed by atoms with Crippen LogP contribution < -0.4 is 0 Å². The Bertz CT molecular complexity index is 282. The highest BCUT2D eigenvalue weighted by Crippen LogP contribution is 2.19. The van der Waals surface area contributed by atoms with E-state index in [0.29, 0.717) is 12.1 Å². The number of halogens is 1. The Morgan fingerprint density at radius 1 is 1.06 bits per heavy atom. The molecular weight excluding hydrogens is 250 g/mol. The Kier molecular flexibility index (Phi) is 4.87. The third-order valence-corrected chi connectivity index (χ3v) is 4.55. The van der Waals surface area contributed by atoms with Crippen LogP contribution in [0.3, 0.4) is 0 Å². The lowest BCUT2D eigenvalue weighted by Crippen LogP contribution is -2.54. The lowest BCUT2D eigenvalue weighted by Gasteiger charge is -2.43. The van der Waals surface area contributed by atoms with E-state index in [-0.39, 0.29) is 5.37 Å². The molecule has 0 aromatic rings. The van der Waals surface area contributed by atoms with Gasteiger partial charge < -0.3 is 4.90 Å². The molecule has 0 spiro atoms. The van der Waals surface area contributed by atoms with Gasteiger partial charge in [-0.05, 0) is 38.3 Å². The number of carbonyl (C=O) groups excluding carboxylic acids is 1. The zero-order valence-electron chi connectivity index (χ0n) is 11.4. The molecule has 104 valence electrons. The van der Waals surface area contributed by atoms with E-state index in [1.54, 1.807) is 4.90 Å². The van der Waals surface area contributed by atoms with Crippen LogP contribution in [0.25, 0.3) is 0 Å². The maximum Gasteiger partial charge on any atom is 0.316 e. The SMILES string of the molecule is CC(C)N1CCN(C2CCN(C(=O)Cl)CC2)CC1. The molecule has 0 N–H and O–H groups in total. The van der Waals surface area contributed by atoms with Crippen molar-refractivity contribution in [3.8, 4) is 0 Å². The topological polar surface area (TPSA) is 26.8 Å². The molecule has 0 aromatic carbocycles. The summed E-state index contributed by atoms with van der Waals surface area (Å²) in [4.78, 5) is 18.0. The van der Waals surface area contributed by atoms with Gasteiger partial charge in [0.25, 0.3) is 0 Å². The zero-order chi connectivity index (χ0) is 13.1. The molecular formula is C13H24ClN3O. The van der Waals surface area contributed by atoms with Gasteiger partial charge in [-0.25, -0.2) is 0 Å². The molecule has 0 atom stereocenters. The minimum atomic E-state index is -0.293. The Morgan fingerprint density at radius 2 is 1.61 bits per heavy atom. The molecule has 2 aliphatic rings. The molecule has 4 nitrogen and oxygen atoms in total. The van der Waals surface area contributed by atoms with Crippen molar-refractivity contribution in [1.82, 2.24) is 14.7 Å². The average Bonchev–Trinajstić information content (AvgIpc) is 2.39. The third-order valence-electron chi connectivity index (χ3n) is 4.31. The molecule has 0 bridgehead atoms. The summed E-state index contributed by atoms with van der Waals surface area (Å²) in [5.74, 6) is 0. The number of hydrogen-bond acceptors (Lipinski definition) is 3. The third kappa shape index (κ3) is 3.37. The van der Waals surface area contributed by atoms with Crippen LogP contribution in [0.2, 0.25) is 0 Å². The molecule has 2 fully saturated rings. The zero-order valence-corrected chi connectivity index (χ0v) is 12.2. The first-order valence-corrected chi connectivity index (χ1v) is 7.38. The molecule has 0 aromatic heterocycles. The molecule has 5 heteroatoms. The van der Waals surface area contributed by atoms with Crippen LogP contribution in [0.15, 0.2) is 0 Å². The molecule has 2 saturated heterocycles. The van der Waals surface area contributed by atoms with Gasteiger partial charge in [-0.15, -0.1) is 0 Å². The fourth-order valence-corrected chi connectivity index (χ4v) is 3.19. The molecule has 18 heavy (non-hydrogen) atoms. The van der Waals surface area contributed by atoms with Crippen molar-refractivity contribution < 1.29 is 4.79 Å². The van der Waals surface area contributed by atoms with Crippen molar-refractivity contribution in [2.24, 2.45) is 0 Å². The second kappa shape index (κ2) is 6.22. The minimum Gasteiger partial charge on any atom is -0.329 e. The van der Waals surface area contributed by atoms with Crippen LogP contribution in [-0.4, -0.2) is 71.4 Å². The first-order chi connectivity index (χ1) is 8.58. The van der Waals surface area contributed by atoms with E-state index in [4.69, 9.17) is 11.6 Å². The van der Waals surface area contributed by atoms with Crippen molar-refractivity contribution in [1.29, 1.82) is 0 Å². The molecule has 0 aliphatic carbocycles.